The van der Waals surface area contributed by atoms with Gasteiger partial charge >= 0.3 is 0 Å². The van der Waals surface area contributed by atoms with Gasteiger partial charge in [0.15, 0.2) is 0 Å². The summed E-state index contributed by atoms with van der Waals surface area (Å²) >= 11 is 0. The maximum absolute atomic E-state index is 13.3. The summed E-state index contributed by atoms with van der Waals surface area (Å²) in [6, 6.07) is 10.9. The molecule has 2 aromatic carbocycles. The van der Waals surface area contributed by atoms with Crippen LogP contribution in [0.5, 0.6) is 0 Å². The number of carbonyl (C=O) groups excluding carboxylic acids is 4. The molecule has 42 heavy (non-hydrogen) atoms. The van der Waals surface area contributed by atoms with Gasteiger partial charge in [0.25, 0.3) is 11.8 Å². The van der Waals surface area contributed by atoms with Crippen molar-refractivity contribution in [1.82, 2.24) is 20.4 Å². The van der Waals surface area contributed by atoms with Crippen LogP contribution in [-0.2, 0) is 9.59 Å². The molecule has 2 aliphatic rings. The monoisotopic (exact) mass is 576 g/mol. The largest absolute Gasteiger partial charge is 0.349 e. The van der Waals surface area contributed by atoms with Gasteiger partial charge < -0.3 is 20.4 Å². The second-order valence-corrected chi connectivity index (χ2v) is 14.9. The van der Waals surface area contributed by atoms with Crippen LogP contribution in [0.1, 0.15) is 116 Å². The van der Waals surface area contributed by atoms with Crippen molar-refractivity contribution in [3.05, 3.63) is 47.5 Å². The second kappa shape index (κ2) is 10.7. The normalized spacial score (nSPS) is 21.6. The summed E-state index contributed by atoms with van der Waals surface area (Å²) in [4.78, 5) is 55.1. The Hall–Kier alpha value is -3.42. The van der Waals surface area contributed by atoms with Gasteiger partial charge in [-0.1, -0.05) is 12.1 Å². The van der Waals surface area contributed by atoms with Crippen LogP contribution >= 0.6 is 0 Å². The quantitative estimate of drug-likeness (QED) is 0.507. The minimum atomic E-state index is -0.373. The lowest BCUT2D eigenvalue weighted by molar-refractivity contribution is -0.148. The zero-order valence-corrected chi connectivity index (χ0v) is 27.0. The molecule has 2 saturated heterocycles. The Kier molecular flexibility index (Phi) is 8.02. The highest BCUT2D eigenvalue weighted by Crippen LogP contribution is 2.40. The van der Waals surface area contributed by atoms with Gasteiger partial charge in [-0.2, -0.15) is 0 Å². The number of likely N-dealkylation sites (tertiary alicyclic amines) is 2. The Labute approximate surface area is 250 Å². The minimum absolute atomic E-state index is 0.0448. The van der Waals surface area contributed by atoms with E-state index in [2.05, 4.69) is 66.0 Å². The summed E-state index contributed by atoms with van der Waals surface area (Å²) in [6.07, 6.45) is 2.71. The third-order valence-corrected chi connectivity index (χ3v) is 9.07. The highest BCUT2D eigenvalue weighted by molar-refractivity contribution is 6.02. The first kappa shape index (κ1) is 31.5. The van der Waals surface area contributed by atoms with E-state index < -0.39 is 0 Å². The van der Waals surface area contributed by atoms with E-state index in [9.17, 15) is 19.2 Å². The first-order valence-electron chi connectivity index (χ1n) is 15.0. The fourth-order valence-electron chi connectivity index (χ4n) is 8.53. The van der Waals surface area contributed by atoms with E-state index in [0.717, 1.165) is 10.8 Å². The molecule has 0 atom stereocenters. The van der Waals surface area contributed by atoms with E-state index in [1.807, 2.05) is 34.1 Å². The van der Waals surface area contributed by atoms with E-state index in [1.54, 1.807) is 26.0 Å². The first-order valence-corrected chi connectivity index (χ1v) is 15.0. The predicted molar refractivity (Wildman–Crippen MR) is 166 cm³/mol. The lowest BCUT2D eigenvalue weighted by atomic mass is 9.76. The number of piperidine rings is 2. The molecule has 8 nitrogen and oxygen atoms in total. The Morgan fingerprint density at radius 3 is 1.12 bits per heavy atom. The van der Waals surface area contributed by atoms with E-state index in [1.165, 1.54) is 0 Å². The zero-order chi connectivity index (χ0) is 31.4. The van der Waals surface area contributed by atoms with Crippen molar-refractivity contribution in [2.24, 2.45) is 0 Å². The average molecular weight is 577 g/mol. The first-order chi connectivity index (χ1) is 19.2. The Morgan fingerprint density at radius 1 is 0.571 bits per heavy atom. The number of fused-ring (bicyclic) bond motifs is 1. The van der Waals surface area contributed by atoms with Crippen LogP contribution in [0, 0.1) is 0 Å². The molecular weight excluding hydrogens is 528 g/mol. The van der Waals surface area contributed by atoms with Gasteiger partial charge in [-0.15, -0.1) is 0 Å². The van der Waals surface area contributed by atoms with Gasteiger partial charge in [0, 0.05) is 59.2 Å². The SMILES string of the molecule is CC(=O)N1C(C)(C)CC(NC(=O)c2ccc3cc(C(=O)NC4CC(C)(C)N(C(C)=O)C(C)(C)C4)ccc3c2)CC1(C)C. The molecule has 2 heterocycles. The van der Waals surface area contributed by atoms with Gasteiger partial charge in [0.2, 0.25) is 11.8 Å². The molecule has 2 N–H and O–H groups in total. The molecule has 0 radical (unpaired) electrons. The van der Waals surface area contributed by atoms with Crippen molar-refractivity contribution in [2.75, 3.05) is 0 Å². The third-order valence-electron chi connectivity index (χ3n) is 9.07. The predicted octanol–water partition coefficient (Wildman–Crippen LogP) is 5.44. The number of amides is 4. The van der Waals surface area contributed by atoms with E-state index in [-0.39, 0.29) is 57.9 Å². The molecule has 4 rings (SSSR count). The zero-order valence-electron chi connectivity index (χ0n) is 27.0. The van der Waals surface area contributed by atoms with Gasteiger partial charge in [0.1, 0.15) is 0 Å². The number of hydrogen-bond donors (Lipinski definition) is 2. The number of hydrogen-bond acceptors (Lipinski definition) is 4. The van der Waals surface area contributed by atoms with Crippen molar-refractivity contribution < 1.29 is 19.2 Å². The number of rotatable bonds is 4. The highest BCUT2D eigenvalue weighted by atomic mass is 16.2. The molecule has 0 aliphatic carbocycles. The van der Waals surface area contributed by atoms with E-state index >= 15 is 0 Å². The topological polar surface area (TPSA) is 98.8 Å². The molecule has 0 bridgehead atoms. The number of nitrogens with one attached hydrogen (secondary N) is 2. The summed E-state index contributed by atoms with van der Waals surface area (Å²) in [6.45, 7) is 19.6. The fourth-order valence-corrected chi connectivity index (χ4v) is 8.53. The molecule has 0 spiro atoms. The Morgan fingerprint density at radius 2 is 0.857 bits per heavy atom. The summed E-state index contributed by atoms with van der Waals surface area (Å²) < 4.78 is 0. The van der Waals surface area contributed by atoms with Crippen LogP contribution in [-0.4, -0.2) is 67.7 Å². The van der Waals surface area contributed by atoms with E-state index in [0.29, 0.717) is 36.8 Å². The maximum atomic E-state index is 13.3. The average Bonchev–Trinajstić information content (AvgIpc) is 2.79. The van der Waals surface area contributed by atoms with E-state index in [4.69, 9.17) is 0 Å². The molecule has 2 aromatic rings. The third kappa shape index (κ3) is 6.18. The summed E-state index contributed by atoms with van der Waals surface area (Å²) in [5.41, 5.74) is -0.371. The molecule has 228 valence electrons. The van der Waals surface area contributed by atoms with Crippen LogP contribution in [0.15, 0.2) is 36.4 Å². The molecule has 0 aromatic heterocycles. The van der Waals surface area contributed by atoms with Crippen LogP contribution in [0.3, 0.4) is 0 Å². The summed E-state index contributed by atoms with van der Waals surface area (Å²) in [5, 5.41) is 8.16. The summed E-state index contributed by atoms with van der Waals surface area (Å²) in [7, 11) is 0. The molecule has 0 saturated carbocycles. The van der Waals surface area contributed by atoms with Crippen molar-refractivity contribution >= 4 is 34.4 Å². The van der Waals surface area contributed by atoms with Gasteiger partial charge in [0.05, 0.1) is 0 Å². The fraction of sp³-hybridized carbons (Fsp3) is 0.588. The number of benzene rings is 2. The standard InChI is InChI=1S/C34H48N4O4/c1-21(39)37-31(3,4)17-27(18-32(37,5)6)35-29(41)25-13-11-24-16-26(14-12-23(24)15-25)30(42)36-28-19-33(7,8)38(22(2)40)34(9,10)20-28/h11-16,27-28H,17-20H2,1-10H3,(H,35,41)(H,36,42). The van der Waals surface area contributed by atoms with Crippen molar-refractivity contribution in [3.8, 4) is 0 Å². The molecule has 2 aliphatic heterocycles. The molecular formula is C34H48N4O4. The lowest BCUT2D eigenvalue weighted by Gasteiger charge is -2.55. The molecule has 4 amide bonds. The highest BCUT2D eigenvalue weighted by Gasteiger charge is 2.48. The van der Waals surface area contributed by atoms with Crippen LogP contribution in [0.2, 0.25) is 0 Å². The second-order valence-electron chi connectivity index (χ2n) is 14.9. The number of nitrogens with zero attached hydrogens (tertiary/aromatic N) is 2. The minimum Gasteiger partial charge on any atom is -0.349 e. The smallest absolute Gasteiger partial charge is 0.251 e. The van der Waals surface area contributed by atoms with Crippen LogP contribution in [0.4, 0.5) is 0 Å². The van der Waals surface area contributed by atoms with Crippen LogP contribution in [0.25, 0.3) is 10.8 Å². The Balaban J connectivity index is 1.45. The van der Waals surface area contributed by atoms with Gasteiger partial charge in [-0.3, -0.25) is 19.2 Å². The number of carbonyl (C=O) groups is 4. The lowest BCUT2D eigenvalue weighted by Crippen LogP contribution is -2.65. The molecule has 0 unspecified atom stereocenters. The van der Waals surface area contributed by atoms with Gasteiger partial charge in [-0.05, 0) is 116 Å². The van der Waals surface area contributed by atoms with Crippen LogP contribution < -0.4 is 10.6 Å². The summed E-state index contributed by atoms with van der Waals surface area (Å²) in [5.74, 6) is -0.200. The molecule has 2 fully saturated rings. The van der Waals surface area contributed by atoms with Gasteiger partial charge in [-0.25, -0.2) is 0 Å². The maximum Gasteiger partial charge on any atom is 0.251 e. The Bertz CT molecular complexity index is 1280. The van der Waals surface area contributed by atoms with Crippen molar-refractivity contribution in [2.45, 2.75) is 129 Å². The molecule has 8 heteroatoms. The van der Waals surface area contributed by atoms with Crippen molar-refractivity contribution in [1.29, 1.82) is 0 Å². The van der Waals surface area contributed by atoms with Crippen molar-refractivity contribution in [3.63, 3.8) is 0 Å².